The molecule has 104 valence electrons. The summed E-state index contributed by atoms with van der Waals surface area (Å²) in [6, 6.07) is -0.0144. The predicted octanol–water partition coefficient (Wildman–Crippen LogP) is -0.0109. The zero-order valence-electron chi connectivity index (χ0n) is 11.3. The first-order chi connectivity index (χ1) is 9.24. The summed E-state index contributed by atoms with van der Waals surface area (Å²) in [5.74, 6) is 0.838. The van der Waals surface area contributed by atoms with Gasteiger partial charge in [-0.05, 0) is 19.9 Å². The topological polar surface area (TPSA) is 61.6 Å². The number of nitrogens with one attached hydrogen (secondary N) is 1. The normalized spacial score (nSPS) is 30.1. The van der Waals surface area contributed by atoms with Gasteiger partial charge in [0.05, 0.1) is 12.2 Å². The maximum atomic E-state index is 12.3. The lowest BCUT2D eigenvalue weighted by molar-refractivity contribution is -0.128. The fourth-order valence-corrected chi connectivity index (χ4v) is 2.87. The number of hydrogen-bond donors (Lipinski definition) is 1. The molecule has 0 spiro atoms. The van der Waals surface area contributed by atoms with Crippen LogP contribution < -0.4 is 5.32 Å². The predicted molar refractivity (Wildman–Crippen MR) is 69.5 cm³/mol. The van der Waals surface area contributed by atoms with Gasteiger partial charge in [0, 0.05) is 26.2 Å². The van der Waals surface area contributed by atoms with Crippen molar-refractivity contribution in [3.8, 4) is 0 Å². The number of carbonyl (C=O) groups excluding carboxylic acids is 1. The summed E-state index contributed by atoms with van der Waals surface area (Å²) in [4.78, 5) is 21.0. The Labute approximate surface area is 112 Å². The van der Waals surface area contributed by atoms with E-state index >= 15 is 0 Å². The van der Waals surface area contributed by atoms with Crippen molar-refractivity contribution in [3.63, 3.8) is 0 Å². The van der Waals surface area contributed by atoms with Gasteiger partial charge in [-0.15, -0.1) is 0 Å². The molecule has 3 aliphatic heterocycles. The molecule has 3 saturated heterocycles. The number of nitrogens with zero attached hydrogens (tertiary/aromatic N) is 3. The van der Waals surface area contributed by atoms with Crippen LogP contribution in [0.5, 0.6) is 0 Å². The monoisotopic (exact) mass is 264 g/mol. The second-order valence-corrected chi connectivity index (χ2v) is 5.28. The maximum absolute atomic E-state index is 12.3. The van der Waals surface area contributed by atoms with E-state index in [4.69, 9.17) is 4.42 Å². The number of aromatic nitrogens is 1. The minimum absolute atomic E-state index is 0.0144. The van der Waals surface area contributed by atoms with Crippen molar-refractivity contribution in [2.24, 2.45) is 0 Å². The molecule has 0 aliphatic carbocycles. The molecule has 6 heteroatoms. The Morgan fingerprint density at radius 2 is 2.37 bits per heavy atom. The molecular weight excluding hydrogens is 244 g/mol. The number of fused-ring (bicyclic) bond motifs is 4. The summed E-state index contributed by atoms with van der Waals surface area (Å²) in [7, 11) is 0. The Kier molecular flexibility index (Phi) is 3.52. The molecule has 19 heavy (non-hydrogen) atoms. The number of oxazole rings is 1. The van der Waals surface area contributed by atoms with Gasteiger partial charge in [0.15, 0.2) is 6.39 Å². The first-order valence-corrected chi connectivity index (χ1v) is 6.87. The fourth-order valence-electron chi connectivity index (χ4n) is 2.87. The molecular formula is C13H20N4O2. The van der Waals surface area contributed by atoms with Crippen LogP contribution in [0.15, 0.2) is 10.8 Å². The van der Waals surface area contributed by atoms with E-state index in [2.05, 4.69) is 20.1 Å². The van der Waals surface area contributed by atoms with E-state index in [0.29, 0.717) is 6.54 Å². The third-order valence-electron chi connectivity index (χ3n) is 4.07. The summed E-state index contributed by atoms with van der Waals surface area (Å²) in [5.41, 5.74) is 0.840. The quantitative estimate of drug-likeness (QED) is 0.832. The highest BCUT2D eigenvalue weighted by molar-refractivity contribution is 5.82. The Bertz CT molecular complexity index is 455. The molecule has 1 amide bonds. The highest BCUT2D eigenvalue weighted by Gasteiger charge is 2.34. The molecule has 3 atom stereocenters. The van der Waals surface area contributed by atoms with Crippen LogP contribution in [0, 0.1) is 6.92 Å². The smallest absolute Gasteiger partial charge is 0.239 e. The summed E-state index contributed by atoms with van der Waals surface area (Å²) < 4.78 is 5.24. The van der Waals surface area contributed by atoms with E-state index in [1.54, 1.807) is 0 Å². The molecule has 0 radical (unpaired) electrons. The minimum Gasteiger partial charge on any atom is -0.446 e. The van der Waals surface area contributed by atoms with Gasteiger partial charge in [0.1, 0.15) is 11.8 Å². The van der Waals surface area contributed by atoms with Gasteiger partial charge in [-0.2, -0.15) is 0 Å². The van der Waals surface area contributed by atoms with E-state index < -0.39 is 0 Å². The summed E-state index contributed by atoms with van der Waals surface area (Å²) in [6.45, 7) is 7.38. The second kappa shape index (κ2) is 5.30. The first kappa shape index (κ1) is 12.6. The van der Waals surface area contributed by atoms with Crippen LogP contribution in [0.4, 0.5) is 0 Å². The Morgan fingerprint density at radius 3 is 3.16 bits per heavy atom. The Morgan fingerprint density at radius 1 is 1.47 bits per heavy atom. The second-order valence-electron chi connectivity index (χ2n) is 5.28. The van der Waals surface area contributed by atoms with Gasteiger partial charge in [-0.3, -0.25) is 14.6 Å². The van der Waals surface area contributed by atoms with Crippen LogP contribution in [0.3, 0.4) is 0 Å². The zero-order valence-corrected chi connectivity index (χ0v) is 11.3. The highest BCUT2D eigenvalue weighted by atomic mass is 16.3. The van der Waals surface area contributed by atoms with Crippen LogP contribution in [-0.4, -0.2) is 59.5 Å². The molecule has 4 heterocycles. The molecule has 1 N–H and O–H groups in total. The molecule has 3 aliphatic rings. The van der Waals surface area contributed by atoms with Gasteiger partial charge in [-0.25, -0.2) is 4.98 Å². The third-order valence-corrected chi connectivity index (χ3v) is 4.07. The standard InChI is InChI=1S/C13H20N4O2/c1-10-12(19-9-15-10)7-14-13(18)11-8-16-3-2-4-17(11)6-5-16/h9,11H,2-8H2,1H3,(H,14,18). The van der Waals surface area contributed by atoms with Gasteiger partial charge < -0.3 is 9.73 Å². The van der Waals surface area contributed by atoms with E-state index in [9.17, 15) is 4.79 Å². The molecule has 2 bridgehead atoms. The van der Waals surface area contributed by atoms with Crippen LogP contribution >= 0.6 is 0 Å². The summed E-state index contributed by atoms with van der Waals surface area (Å²) >= 11 is 0. The fraction of sp³-hybridized carbons (Fsp3) is 0.692. The molecule has 1 aromatic heterocycles. The van der Waals surface area contributed by atoms with Crippen LogP contribution in [0.25, 0.3) is 0 Å². The molecule has 3 unspecified atom stereocenters. The van der Waals surface area contributed by atoms with Crippen LogP contribution in [0.2, 0.25) is 0 Å². The Hall–Kier alpha value is -1.40. The zero-order chi connectivity index (χ0) is 13.2. The van der Waals surface area contributed by atoms with Gasteiger partial charge in [-0.1, -0.05) is 0 Å². The van der Waals surface area contributed by atoms with Gasteiger partial charge in [0.2, 0.25) is 5.91 Å². The Balaban J connectivity index is 1.59. The van der Waals surface area contributed by atoms with Crippen LogP contribution in [0.1, 0.15) is 17.9 Å². The minimum atomic E-state index is -0.0144. The van der Waals surface area contributed by atoms with Crippen molar-refractivity contribution in [1.82, 2.24) is 20.1 Å². The number of aryl methyl sites for hydroxylation is 1. The number of amides is 1. The SMILES string of the molecule is Cc1ncoc1CNC(=O)C1CN2CCCN1CC2. The molecule has 6 nitrogen and oxygen atoms in total. The van der Waals surface area contributed by atoms with E-state index in [1.165, 1.54) is 6.39 Å². The van der Waals surface area contributed by atoms with Crippen molar-refractivity contribution in [3.05, 3.63) is 17.8 Å². The number of rotatable bonds is 3. The third kappa shape index (κ3) is 2.64. The van der Waals surface area contributed by atoms with Crippen LogP contribution in [-0.2, 0) is 11.3 Å². The maximum Gasteiger partial charge on any atom is 0.239 e. The average molecular weight is 264 g/mol. The van der Waals surface area contributed by atoms with Gasteiger partial charge >= 0.3 is 0 Å². The van der Waals surface area contributed by atoms with E-state index in [-0.39, 0.29) is 11.9 Å². The average Bonchev–Trinajstić information content (AvgIpc) is 2.64. The lowest BCUT2D eigenvalue weighted by Crippen LogP contribution is -2.56. The van der Waals surface area contributed by atoms with Crippen molar-refractivity contribution >= 4 is 5.91 Å². The molecule has 3 fully saturated rings. The lowest BCUT2D eigenvalue weighted by atomic mass is 10.1. The highest BCUT2D eigenvalue weighted by Crippen LogP contribution is 2.16. The van der Waals surface area contributed by atoms with Crippen molar-refractivity contribution in [2.75, 3.05) is 32.7 Å². The number of hydrogen-bond acceptors (Lipinski definition) is 5. The van der Waals surface area contributed by atoms with E-state index in [0.717, 1.165) is 50.6 Å². The molecule has 0 saturated carbocycles. The molecule has 0 aromatic carbocycles. The summed E-state index contributed by atoms with van der Waals surface area (Å²) in [6.07, 6.45) is 2.57. The van der Waals surface area contributed by atoms with Gasteiger partial charge in [0.25, 0.3) is 0 Å². The number of piperazine rings is 1. The summed E-state index contributed by atoms with van der Waals surface area (Å²) in [5, 5.41) is 2.97. The molecule has 1 aromatic rings. The van der Waals surface area contributed by atoms with Crippen molar-refractivity contribution in [2.45, 2.75) is 25.9 Å². The first-order valence-electron chi connectivity index (χ1n) is 6.87. The lowest BCUT2D eigenvalue weighted by Gasteiger charge is -2.36. The van der Waals surface area contributed by atoms with E-state index in [1.807, 2.05) is 6.92 Å². The number of carbonyl (C=O) groups is 1. The van der Waals surface area contributed by atoms with Crippen molar-refractivity contribution in [1.29, 1.82) is 0 Å². The van der Waals surface area contributed by atoms with Crippen molar-refractivity contribution < 1.29 is 9.21 Å². The molecule has 4 rings (SSSR count). The largest absolute Gasteiger partial charge is 0.446 e.